The van der Waals surface area contributed by atoms with Gasteiger partial charge < -0.3 is 4.57 Å². The fourth-order valence-corrected chi connectivity index (χ4v) is 9.09. The summed E-state index contributed by atoms with van der Waals surface area (Å²) in [6.45, 7) is 9.82. The molecule has 1 saturated heterocycles. The van der Waals surface area contributed by atoms with Crippen LogP contribution in [0.15, 0.2) is 22.5 Å². The van der Waals surface area contributed by atoms with E-state index in [9.17, 15) is 0 Å². The predicted octanol–water partition coefficient (Wildman–Crippen LogP) is 3.82. The van der Waals surface area contributed by atoms with Gasteiger partial charge in [-0.25, -0.2) is 0 Å². The monoisotopic (exact) mass is 265 g/mol. The molecular formula is C14H27NSi2. The van der Waals surface area contributed by atoms with E-state index in [1.807, 2.05) is 5.20 Å². The Labute approximate surface area is 109 Å². The first-order valence-corrected chi connectivity index (χ1v) is 12.8. The zero-order valence-corrected chi connectivity index (χ0v) is 14.3. The Hall–Kier alpha value is -0.126. The van der Waals surface area contributed by atoms with Gasteiger partial charge in [0.25, 0.3) is 0 Å². The lowest BCUT2D eigenvalue weighted by Gasteiger charge is -2.47. The molecule has 1 heterocycles. The van der Waals surface area contributed by atoms with Gasteiger partial charge in [0, 0.05) is 0 Å². The molecule has 1 aliphatic carbocycles. The average Bonchev–Trinajstić information content (AvgIpc) is 2.45. The smallest absolute Gasteiger partial charge is 0.156 e. The van der Waals surface area contributed by atoms with E-state index in [4.69, 9.17) is 0 Å². The van der Waals surface area contributed by atoms with Gasteiger partial charge in [-0.3, -0.25) is 0 Å². The van der Waals surface area contributed by atoms with Crippen LogP contribution in [0.5, 0.6) is 0 Å². The summed E-state index contributed by atoms with van der Waals surface area (Å²) in [5.74, 6) is 0.714. The molecule has 0 saturated carbocycles. The van der Waals surface area contributed by atoms with E-state index in [0.717, 1.165) is 0 Å². The molecule has 0 N–H and O–H groups in total. The summed E-state index contributed by atoms with van der Waals surface area (Å²) in [5, 5.41) is 3.52. The highest BCUT2D eigenvalue weighted by Gasteiger charge is 2.48. The van der Waals surface area contributed by atoms with Crippen molar-refractivity contribution in [1.29, 1.82) is 0 Å². The summed E-state index contributed by atoms with van der Waals surface area (Å²) < 4.78 is 2.60. The zero-order valence-electron chi connectivity index (χ0n) is 12.3. The number of allylic oxidation sites excluding steroid dienone is 4. The van der Waals surface area contributed by atoms with Crippen LogP contribution in [-0.2, 0) is 0 Å². The molecule has 0 aromatic carbocycles. The fourth-order valence-electron chi connectivity index (χ4n) is 3.24. The first-order chi connectivity index (χ1) is 7.77. The summed E-state index contributed by atoms with van der Waals surface area (Å²) in [5.41, 5.74) is 0. The Morgan fingerprint density at radius 3 is 2.12 bits per heavy atom. The highest BCUT2D eigenvalue weighted by Crippen LogP contribution is 2.46. The Morgan fingerprint density at radius 2 is 1.82 bits per heavy atom. The van der Waals surface area contributed by atoms with Crippen LogP contribution in [-0.4, -0.2) is 35.0 Å². The van der Waals surface area contributed by atoms with E-state index in [-0.39, 0.29) is 0 Å². The van der Waals surface area contributed by atoms with Gasteiger partial charge in [-0.2, -0.15) is 0 Å². The molecule has 1 unspecified atom stereocenters. The normalized spacial score (nSPS) is 27.8. The van der Waals surface area contributed by atoms with Crippen molar-refractivity contribution in [2.75, 3.05) is 14.1 Å². The summed E-state index contributed by atoms with van der Waals surface area (Å²) >= 11 is 0. The maximum atomic E-state index is 2.61. The molecule has 1 fully saturated rings. The standard InChI is InChI=1S/C14H27NSi2/c1-12-10-13(16(4,5)6)11-14(12)17(15(2)3)8-7-9-17/h10-12H,7-9H2,1-6H3. The number of rotatable bonds is 3. The van der Waals surface area contributed by atoms with Crippen molar-refractivity contribution >= 4 is 16.3 Å². The lowest BCUT2D eigenvalue weighted by molar-refractivity contribution is 0.568. The van der Waals surface area contributed by atoms with Gasteiger partial charge in [0.05, 0.1) is 8.07 Å². The highest BCUT2D eigenvalue weighted by atomic mass is 28.3. The van der Waals surface area contributed by atoms with Gasteiger partial charge in [0.15, 0.2) is 8.24 Å². The van der Waals surface area contributed by atoms with Gasteiger partial charge in [-0.1, -0.05) is 55.5 Å². The van der Waals surface area contributed by atoms with Gasteiger partial charge >= 0.3 is 0 Å². The largest absolute Gasteiger partial charge is 0.326 e. The molecule has 3 heteroatoms. The Bertz CT molecular complexity index is 370. The molecular weight excluding hydrogens is 238 g/mol. The minimum absolute atomic E-state index is 0.714. The van der Waals surface area contributed by atoms with Crippen LogP contribution in [0.25, 0.3) is 0 Å². The lowest BCUT2D eigenvalue weighted by atomic mass is 10.2. The van der Waals surface area contributed by atoms with E-state index in [1.165, 1.54) is 18.5 Å². The van der Waals surface area contributed by atoms with E-state index in [1.54, 1.807) is 5.20 Å². The number of nitrogens with zero attached hydrogens (tertiary/aromatic N) is 1. The van der Waals surface area contributed by atoms with Crippen molar-refractivity contribution < 1.29 is 0 Å². The molecule has 0 bridgehead atoms. The molecule has 0 aromatic heterocycles. The van der Waals surface area contributed by atoms with E-state index in [0.29, 0.717) is 5.92 Å². The second kappa shape index (κ2) is 4.21. The van der Waals surface area contributed by atoms with Gasteiger partial charge in [-0.05, 0) is 32.1 Å². The van der Waals surface area contributed by atoms with Crippen molar-refractivity contribution in [3.63, 3.8) is 0 Å². The molecule has 1 aliphatic heterocycles. The van der Waals surface area contributed by atoms with Crippen LogP contribution >= 0.6 is 0 Å². The predicted molar refractivity (Wildman–Crippen MR) is 82.3 cm³/mol. The first kappa shape index (κ1) is 13.3. The maximum Gasteiger partial charge on any atom is 0.156 e. The second-order valence-electron chi connectivity index (χ2n) is 7.04. The minimum atomic E-state index is -1.21. The van der Waals surface area contributed by atoms with Crippen LogP contribution in [0.4, 0.5) is 0 Å². The van der Waals surface area contributed by atoms with Crippen molar-refractivity contribution in [2.24, 2.45) is 5.92 Å². The third kappa shape index (κ3) is 2.13. The summed E-state index contributed by atoms with van der Waals surface area (Å²) in [7, 11) is 2.29. The summed E-state index contributed by atoms with van der Waals surface area (Å²) in [4.78, 5) is 0. The van der Waals surface area contributed by atoms with Crippen LogP contribution in [0.1, 0.15) is 13.3 Å². The Morgan fingerprint density at radius 1 is 1.24 bits per heavy atom. The molecule has 2 aliphatic rings. The number of hydrogen-bond acceptors (Lipinski definition) is 1. The highest BCUT2D eigenvalue weighted by molar-refractivity contribution is 6.88. The molecule has 1 nitrogen and oxygen atoms in total. The summed E-state index contributed by atoms with van der Waals surface area (Å²) in [6.07, 6.45) is 6.64. The molecule has 0 aromatic rings. The fraction of sp³-hybridized carbons (Fsp3) is 0.714. The quantitative estimate of drug-likeness (QED) is 0.701. The first-order valence-electron chi connectivity index (χ1n) is 6.89. The Kier molecular flexibility index (Phi) is 3.30. The molecule has 0 amide bonds. The number of hydrogen-bond donors (Lipinski definition) is 0. The van der Waals surface area contributed by atoms with Gasteiger partial charge in [0.2, 0.25) is 0 Å². The van der Waals surface area contributed by atoms with Crippen molar-refractivity contribution in [2.45, 2.75) is 45.1 Å². The van der Waals surface area contributed by atoms with Crippen LogP contribution in [0.3, 0.4) is 0 Å². The SMILES string of the molecule is CC1C=C([Si](C)(C)C)C=C1[Si]1(N(C)C)CCC1. The Balaban J connectivity index is 2.30. The summed E-state index contributed by atoms with van der Waals surface area (Å²) in [6, 6.07) is 2.98. The zero-order chi connectivity index (χ0) is 12.8. The average molecular weight is 266 g/mol. The molecule has 2 rings (SSSR count). The van der Waals surface area contributed by atoms with Crippen molar-refractivity contribution in [3.8, 4) is 0 Å². The topological polar surface area (TPSA) is 3.24 Å². The molecule has 0 radical (unpaired) electrons. The van der Waals surface area contributed by atoms with E-state index < -0.39 is 16.3 Å². The van der Waals surface area contributed by atoms with Crippen LogP contribution < -0.4 is 0 Å². The third-order valence-corrected chi connectivity index (χ3v) is 12.5. The second-order valence-corrected chi connectivity index (χ2v) is 16.7. The van der Waals surface area contributed by atoms with Crippen LogP contribution in [0.2, 0.25) is 31.7 Å². The minimum Gasteiger partial charge on any atom is -0.326 e. The van der Waals surface area contributed by atoms with Crippen molar-refractivity contribution in [1.82, 2.24) is 4.57 Å². The van der Waals surface area contributed by atoms with Crippen molar-refractivity contribution in [3.05, 3.63) is 22.5 Å². The molecule has 1 atom stereocenters. The van der Waals surface area contributed by atoms with Gasteiger partial charge in [-0.15, -0.1) is 0 Å². The maximum absolute atomic E-state index is 2.61. The van der Waals surface area contributed by atoms with E-state index in [2.05, 4.69) is 57.4 Å². The third-order valence-electron chi connectivity index (χ3n) is 4.67. The van der Waals surface area contributed by atoms with Crippen LogP contribution in [0, 0.1) is 5.92 Å². The molecule has 0 spiro atoms. The van der Waals surface area contributed by atoms with Gasteiger partial charge in [0.1, 0.15) is 0 Å². The van der Waals surface area contributed by atoms with E-state index >= 15 is 0 Å². The molecule has 17 heavy (non-hydrogen) atoms. The molecule has 96 valence electrons. The lowest BCUT2D eigenvalue weighted by Crippen LogP contribution is -2.57.